The van der Waals surface area contributed by atoms with Gasteiger partial charge in [-0.05, 0) is 17.7 Å². The second-order valence-electron chi connectivity index (χ2n) is 3.18. The first kappa shape index (κ1) is 12.1. The molecule has 0 spiro atoms. The van der Waals surface area contributed by atoms with E-state index in [1.54, 1.807) is 11.8 Å². The molecule has 15 heavy (non-hydrogen) atoms. The zero-order chi connectivity index (χ0) is 11.1. The van der Waals surface area contributed by atoms with Crippen molar-refractivity contribution in [2.75, 3.05) is 12.9 Å². The predicted molar refractivity (Wildman–Crippen MR) is 63.9 cm³/mol. The van der Waals surface area contributed by atoms with Gasteiger partial charge in [0.25, 0.3) is 0 Å². The van der Waals surface area contributed by atoms with Crippen molar-refractivity contribution >= 4 is 17.7 Å². The molecule has 0 radical (unpaired) electrons. The fourth-order valence-electron chi connectivity index (χ4n) is 1.27. The van der Waals surface area contributed by atoms with Crippen LogP contribution in [0, 0.1) is 0 Å². The van der Waals surface area contributed by atoms with Gasteiger partial charge in [-0.2, -0.15) is 0 Å². The highest BCUT2D eigenvalue weighted by Gasteiger charge is 2.20. The van der Waals surface area contributed by atoms with Crippen LogP contribution in [0.4, 0.5) is 0 Å². The summed E-state index contributed by atoms with van der Waals surface area (Å²) in [4.78, 5) is 11.6. The minimum Gasteiger partial charge on any atom is -0.468 e. The number of rotatable bonds is 5. The van der Waals surface area contributed by atoms with Gasteiger partial charge >= 0.3 is 5.97 Å². The molecule has 1 atom stereocenters. The summed E-state index contributed by atoms with van der Waals surface area (Å²) in [5.41, 5.74) is 1.02. The third-order valence-corrected chi connectivity index (χ3v) is 3.45. The van der Waals surface area contributed by atoms with Crippen LogP contribution < -0.4 is 0 Å². The van der Waals surface area contributed by atoms with Crippen LogP contribution in [-0.4, -0.2) is 18.8 Å². The Balaban J connectivity index is 2.76. The first-order chi connectivity index (χ1) is 7.29. The van der Waals surface area contributed by atoms with E-state index in [4.69, 9.17) is 4.74 Å². The number of hydrogen-bond acceptors (Lipinski definition) is 3. The number of carbonyl (C=O) groups is 1. The number of carbonyl (C=O) groups excluding carboxylic acids is 1. The number of methoxy groups -OCH3 is 1. The Morgan fingerprint density at radius 2 is 2.07 bits per heavy atom. The van der Waals surface area contributed by atoms with Gasteiger partial charge < -0.3 is 4.74 Å². The van der Waals surface area contributed by atoms with Gasteiger partial charge in [-0.3, -0.25) is 4.79 Å². The Labute approximate surface area is 95.0 Å². The van der Waals surface area contributed by atoms with Crippen LogP contribution in [0.3, 0.4) is 0 Å². The maximum Gasteiger partial charge on any atom is 0.323 e. The maximum atomic E-state index is 11.6. The molecule has 0 amide bonds. The molecular formula is C12H16O2S. The minimum atomic E-state index is -0.184. The van der Waals surface area contributed by atoms with Crippen LogP contribution >= 0.6 is 11.8 Å². The van der Waals surface area contributed by atoms with E-state index in [2.05, 4.69) is 6.92 Å². The normalized spacial score (nSPS) is 12.1. The van der Waals surface area contributed by atoms with Crippen LogP contribution in [0.1, 0.15) is 24.2 Å². The highest BCUT2D eigenvalue weighted by molar-refractivity contribution is 8.00. The van der Waals surface area contributed by atoms with Crippen molar-refractivity contribution in [1.82, 2.24) is 0 Å². The summed E-state index contributed by atoms with van der Waals surface area (Å²) >= 11 is 1.63. The van der Waals surface area contributed by atoms with E-state index in [1.165, 1.54) is 7.11 Å². The van der Waals surface area contributed by atoms with Crippen molar-refractivity contribution in [2.45, 2.75) is 18.6 Å². The number of thioether (sulfide) groups is 1. The Hall–Kier alpha value is -0.960. The first-order valence-electron chi connectivity index (χ1n) is 5.04. The summed E-state index contributed by atoms with van der Waals surface area (Å²) < 4.78 is 4.80. The molecule has 1 rings (SSSR count). The summed E-state index contributed by atoms with van der Waals surface area (Å²) in [6.07, 6.45) is 1.06. The van der Waals surface area contributed by atoms with E-state index in [1.807, 2.05) is 30.3 Å². The Bertz CT molecular complexity index is 298. The molecule has 0 saturated carbocycles. The third kappa shape index (κ3) is 3.59. The van der Waals surface area contributed by atoms with Gasteiger partial charge in [0, 0.05) is 0 Å². The molecule has 0 heterocycles. The van der Waals surface area contributed by atoms with Crippen molar-refractivity contribution in [3.63, 3.8) is 0 Å². The molecule has 0 saturated heterocycles. The van der Waals surface area contributed by atoms with Gasteiger partial charge in [-0.1, -0.05) is 37.3 Å². The Kier molecular flexibility index (Phi) is 5.26. The van der Waals surface area contributed by atoms with Gasteiger partial charge in [-0.15, -0.1) is 11.8 Å². The lowest BCUT2D eigenvalue weighted by atomic mass is 10.1. The predicted octanol–water partition coefficient (Wildman–Crippen LogP) is 3.04. The summed E-state index contributed by atoms with van der Waals surface area (Å²) in [7, 11) is 1.44. The molecular weight excluding hydrogens is 208 g/mol. The average Bonchev–Trinajstić information content (AvgIpc) is 2.30. The standard InChI is InChI=1S/C12H16O2S/c1-3-9-15-11(12(13)14-2)10-7-5-4-6-8-10/h4-8,11H,3,9H2,1-2H3. The fourth-order valence-corrected chi connectivity index (χ4v) is 2.32. The fraction of sp³-hybridized carbons (Fsp3) is 0.417. The van der Waals surface area contributed by atoms with Crippen LogP contribution in [0.25, 0.3) is 0 Å². The monoisotopic (exact) mass is 224 g/mol. The second-order valence-corrected chi connectivity index (χ2v) is 4.40. The summed E-state index contributed by atoms with van der Waals surface area (Å²) in [5.74, 6) is 0.800. The molecule has 2 nitrogen and oxygen atoms in total. The lowest BCUT2D eigenvalue weighted by Gasteiger charge is -2.13. The van der Waals surface area contributed by atoms with Gasteiger partial charge in [0.15, 0.2) is 0 Å². The number of ether oxygens (including phenoxy) is 1. The highest BCUT2D eigenvalue weighted by Crippen LogP contribution is 2.30. The van der Waals surface area contributed by atoms with E-state index in [0.717, 1.165) is 17.7 Å². The molecule has 0 fully saturated rings. The molecule has 0 aliphatic carbocycles. The van der Waals surface area contributed by atoms with Crippen LogP contribution in [-0.2, 0) is 9.53 Å². The number of esters is 1. The smallest absolute Gasteiger partial charge is 0.323 e. The average molecular weight is 224 g/mol. The first-order valence-corrected chi connectivity index (χ1v) is 6.08. The van der Waals surface area contributed by atoms with Gasteiger partial charge in [0.05, 0.1) is 7.11 Å². The number of benzene rings is 1. The topological polar surface area (TPSA) is 26.3 Å². The Morgan fingerprint density at radius 3 is 2.60 bits per heavy atom. The Morgan fingerprint density at radius 1 is 1.40 bits per heavy atom. The molecule has 1 unspecified atom stereocenters. The van der Waals surface area contributed by atoms with E-state index in [0.29, 0.717) is 0 Å². The zero-order valence-electron chi connectivity index (χ0n) is 9.10. The van der Waals surface area contributed by atoms with E-state index < -0.39 is 0 Å². The molecule has 0 aliphatic rings. The third-order valence-electron chi connectivity index (χ3n) is 2.01. The van der Waals surface area contributed by atoms with Gasteiger partial charge in [-0.25, -0.2) is 0 Å². The largest absolute Gasteiger partial charge is 0.468 e. The molecule has 0 bridgehead atoms. The zero-order valence-corrected chi connectivity index (χ0v) is 9.92. The van der Waals surface area contributed by atoms with Crippen molar-refractivity contribution in [2.24, 2.45) is 0 Å². The molecule has 82 valence electrons. The number of hydrogen-bond donors (Lipinski definition) is 0. The SMILES string of the molecule is CCCSC(C(=O)OC)c1ccccc1. The van der Waals surface area contributed by atoms with Crippen LogP contribution in [0.15, 0.2) is 30.3 Å². The van der Waals surface area contributed by atoms with Crippen molar-refractivity contribution < 1.29 is 9.53 Å². The van der Waals surface area contributed by atoms with Crippen molar-refractivity contribution in [1.29, 1.82) is 0 Å². The van der Waals surface area contributed by atoms with E-state index >= 15 is 0 Å². The summed E-state index contributed by atoms with van der Waals surface area (Å²) in [6, 6.07) is 9.76. The minimum absolute atomic E-state index is 0.167. The molecule has 1 aromatic rings. The second kappa shape index (κ2) is 6.51. The lowest BCUT2D eigenvalue weighted by Crippen LogP contribution is -2.11. The molecule has 0 aliphatic heterocycles. The van der Waals surface area contributed by atoms with Crippen molar-refractivity contribution in [3.8, 4) is 0 Å². The summed E-state index contributed by atoms with van der Waals surface area (Å²) in [6.45, 7) is 2.10. The molecule has 1 aromatic carbocycles. The van der Waals surface area contributed by atoms with E-state index in [-0.39, 0.29) is 11.2 Å². The van der Waals surface area contributed by atoms with Crippen molar-refractivity contribution in [3.05, 3.63) is 35.9 Å². The van der Waals surface area contributed by atoms with E-state index in [9.17, 15) is 4.79 Å². The molecule has 0 N–H and O–H groups in total. The van der Waals surface area contributed by atoms with Gasteiger partial charge in [0.2, 0.25) is 0 Å². The quantitative estimate of drug-likeness (QED) is 0.719. The van der Waals surface area contributed by atoms with Gasteiger partial charge in [0.1, 0.15) is 5.25 Å². The van der Waals surface area contributed by atoms with Crippen LogP contribution in [0.2, 0.25) is 0 Å². The lowest BCUT2D eigenvalue weighted by molar-refractivity contribution is -0.140. The highest BCUT2D eigenvalue weighted by atomic mass is 32.2. The molecule has 3 heteroatoms. The maximum absolute atomic E-state index is 11.6. The van der Waals surface area contributed by atoms with Crippen LogP contribution in [0.5, 0.6) is 0 Å². The summed E-state index contributed by atoms with van der Waals surface area (Å²) in [5, 5.41) is -0.184. The molecule has 0 aromatic heterocycles.